The van der Waals surface area contributed by atoms with Gasteiger partial charge in [0, 0.05) is 30.7 Å². The standard InChI is InChI=1S/C16H24N4/c1-4-11-17-15(16-7-5-6-13(2)19-16)9-8-14-10-12-18-20(14)3/h5-7,10,12,15,17H,4,8-9,11H2,1-3H3. The lowest BCUT2D eigenvalue weighted by Crippen LogP contribution is -2.24. The Kier molecular flexibility index (Phi) is 5.30. The summed E-state index contributed by atoms with van der Waals surface area (Å²) in [5.41, 5.74) is 3.48. The molecule has 0 aliphatic rings. The van der Waals surface area contributed by atoms with Crippen molar-refractivity contribution >= 4 is 0 Å². The van der Waals surface area contributed by atoms with Crippen LogP contribution in [0.2, 0.25) is 0 Å². The topological polar surface area (TPSA) is 42.7 Å². The van der Waals surface area contributed by atoms with Gasteiger partial charge in [0.05, 0.1) is 5.69 Å². The van der Waals surface area contributed by atoms with E-state index < -0.39 is 0 Å². The quantitative estimate of drug-likeness (QED) is 0.843. The number of hydrogen-bond acceptors (Lipinski definition) is 3. The van der Waals surface area contributed by atoms with E-state index in [2.05, 4.69) is 40.5 Å². The molecule has 0 radical (unpaired) electrons. The molecule has 2 aromatic rings. The molecule has 0 saturated carbocycles. The zero-order valence-corrected chi connectivity index (χ0v) is 12.6. The third kappa shape index (κ3) is 3.90. The van der Waals surface area contributed by atoms with Crippen LogP contribution in [-0.4, -0.2) is 21.3 Å². The van der Waals surface area contributed by atoms with Crippen LogP contribution in [0.3, 0.4) is 0 Å². The second-order valence-electron chi connectivity index (χ2n) is 5.20. The molecule has 0 spiro atoms. The zero-order chi connectivity index (χ0) is 14.4. The first-order valence-electron chi connectivity index (χ1n) is 7.34. The lowest BCUT2D eigenvalue weighted by molar-refractivity contribution is 0.481. The minimum Gasteiger partial charge on any atom is -0.309 e. The Morgan fingerprint density at radius 2 is 2.15 bits per heavy atom. The summed E-state index contributed by atoms with van der Waals surface area (Å²) in [4.78, 5) is 4.66. The van der Waals surface area contributed by atoms with E-state index in [1.54, 1.807) is 0 Å². The van der Waals surface area contributed by atoms with Crippen molar-refractivity contribution in [3.05, 3.63) is 47.5 Å². The van der Waals surface area contributed by atoms with Gasteiger partial charge >= 0.3 is 0 Å². The summed E-state index contributed by atoms with van der Waals surface area (Å²) in [7, 11) is 1.99. The number of hydrogen-bond donors (Lipinski definition) is 1. The highest BCUT2D eigenvalue weighted by Crippen LogP contribution is 2.17. The molecular formula is C16H24N4. The van der Waals surface area contributed by atoms with E-state index in [1.807, 2.05) is 30.9 Å². The molecular weight excluding hydrogens is 248 g/mol. The molecule has 20 heavy (non-hydrogen) atoms. The molecule has 0 amide bonds. The molecule has 0 aliphatic heterocycles. The first-order chi connectivity index (χ1) is 9.70. The van der Waals surface area contributed by atoms with Crippen LogP contribution in [0.15, 0.2) is 30.5 Å². The lowest BCUT2D eigenvalue weighted by atomic mass is 10.0. The minimum atomic E-state index is 0.310. The van der Waals surface area contributed by atoms with E-state index >= 15 is 0 Å². The van der Waals surface area contributed by atoms with E-state index in [1.165, 1.54) is 5.69 Å². The van der Waals surface area contributed by atoms with Crippen LogP contribution >= 0.6 is 0 Å². The van der Waals surface area contributed by atoms with Gasteiger partial charge < -0.3 is 5.32 Å². The Hall–Kier alpha value is -1.68. The molecule has 0 saturated heterocycles. The van der Waals surface area contributed by atoms with Crippen molar-refractivity contribution in [2.45, 2.75) is 39.2 Å². The molecule has 4 nitrogen and oxygen atoms in total. The van der Waals surface area contributed by atoms with Crippen LogP contribution < -0.4 is 5.32 Å². The van der Waals surface area contributed by atoms with Gasteiger partial charge in [-0.05, 0) is 50.9 Å². The van der Waals surface area contributed by atoms with Gasteiger partial charge in [0.1, 0.15) is 0 Å². The van der Waals surface area contributed by atoms with E-state index in [4.69, 9.17) is 0 Å². The van der Waals surface area contributed by atoms with Crippen molar-refractivity contribution in [2.24, 2.45) is 7.05 Å². The highest BCUT2D eigenvalue weighted by atomic mass is 15.2. The van der Waals surface area contributed by atoms with E-state index in [0.717, 1.165) is 37.2 Å². The lowest BCUT2D eigenvalue weighted by Gasteiger charge is -2.18. The Bertz CT molecular complexity index is 533. The maximum Gasteiger partial charge on any atom is 0.0576 e. The Morgan fingerprint density at radius 3 is 2.80 bits per heavy atom. The number of rotatable bonds is 7. The van der Waals surface area contributed by atoms with Crippen molar-refractivity contribution in [2.75, 3.05) is 6.54 Å². The normalized spacial score (nSPS) is 12.6. The van der Waals surface area contributed by atoms with Crippen LogP contribution in [0, 0.1) is 6.92 Å². The molecule has 0 fully saturated rings. The fourth-order valence-electron chi connectivity index (χ4n) is 2.37. The Labute approximate surface area is 121 Å². The molecule has 0 aliphatic carbocycles. The van der Waals surface area contributed by atoms with Gasteiger partial charge in [-0.25, -0.2) is 0 Å². The van der Waals surface area contributed by atoms with Gasteiger partial charge in [-0.3, -0.25) is 9.67 Å². The minimum absolute atomic E-state index is 0.310. The SMILES string of the molecule is CCCNC(CCc1ccnn1C)c1cccc(C)n1. The van der Waals surface area contributed by atoms with Gasteiger partial charge in [0.25, 0.3) is 0 Å². The zero-order valence-electron chi connectivity index (χ0n) is 12.6. The Morgan fingerprint density at radius 1 is 1.30 bits per heavy atom. The van der Waals surface area contributed by atoms with Crippen molar-refractivity contribution in [3.8, 4) is 0 Å². The number of pyridine rings is 1. The maximum atomic E-state index is 4.66. The predicted molar refractivity (Wildman–Crippen MR) is 81.5 cm³/mol. The fourth-order valence-corrected chi connectivity index (χ4v) is 2.37. The smallest absolute Gasteiger partial charge is 0.0576 e. The highest BCUT2D eigenvalue weighted by Gasteiger charge is 2.13. The maximum absolute atomic E-state index is 4.66. The largest absolute Gasteiger partial charge is 0.309 e. The van der Waals surface area contributed by atoms with Gasteiger partial charge in [0.2, 0.25) is 0 Å². The van der Waals surface area contributed by atoms with Crippen molar-refractivity contribution in [1.29, 1.82) is 0 Å². The summed E-state index contributed by atoms with van der Waals surface area (Å²) >= 11 is 0. The van der Waals surface area contributed by atoms with Crippen LogP contribution in [0.4, 0.5) is 0 Å². The molecule has 1 N–H and O–H groups in total. The molecule has 108 valence electrons. The highest BCUT2D eigenvalue weighted by molar-refractivity contribution is 5.14. The molecule has 1 unspecified atom stereocenters. The predicted octanol–water partition coefficient (Wildman–Crippen LogP) is 2.80. The third-order valence-corrected chi connectivity index (χ3v) is 3.52. The summed E-state index contributed by atoms with van der Waals surface area (Å²) in [6.07, 6.45) is 5.03. The summed E-state index contributed by atoms with van der Waals surface area (Å²) in [6, 6.07) is 8.64. The van der Waals surface area contributed by atoms with Gasteiger partial charge in [-0.15, -0.1) is 0 Å². The van der Waals surface area contributed by atoms with Gasteiger partial charge in [-0.1, -0.05) is 13.0 Å². The first kappa shape index (κ1) is 14.7. The second-order valence-corrected chi connectivity index (χ2v) is 5.20. The van der Waals surface area contributed by atoms with Gasteiger partial charge in [-0.2, -0.15) is 5.10 Å². The van der Waals surface area contributed by atoms with Gasteiger partial charge in [0.15, 0.2) is 0 Å². The van der Waals surface area contributed by atoms with Crippen LogP contribution in [-0.2, 0) is 13.5 Å². The molecule has 2 rings (SSSR count). The van der Waals surface area contributed by atoms with Crippen LogP contribution in [0.1, 0.15) is 42.9 Å². The monoisotopic (exact) mass is 272 g/mol. The first-order valence-corrected chi connectivity index (χ1v) is 7.34. The summed E-state index contributed by atoms with van der Waals surface area (Å²) < 4.78 is 1.94. The average molecular weight is 272 g/mol. The number of aryl methyl sites for hydroxylation is 3. The van der Waals surface area contributed by atoms with Crippen molar-refractivity contribution in [3.63, 3.8) is 0 Å². The average Bonchev–Trinajstić information content (AvgIpc) is 2.84. The third-order valence-electron chi connectivity index (χ3n) is 3.52. The van der Waals surface area contributed by atoms with Crippen LogP contribution in [0.25, 0.3) is 0 Å². The molecule has 2 heterocycles. The molecule has 1 atom stereocenters. The summed E-state index contributed by atoms with van der Waals surface area (Å²) in [6.45, 7) is 5.25. The molecule has 0 aromatic carbocycles. The number of aromatic nitrogens is 3. The molecule has 0 bridgehead atoms. The van der Waals surface area contributed by atoms with Crippen molar-refractivity contribution in [1.82, 2.24) is 20.1 Å². The fraction of sp³-hybridized carbons (Fsp3) is 0.500. The summed E-state index contributed by atoms with van der Waals surface area (Å²) in [5, 5.41) is 7.83. The number of nitrogens with one attached hydrogen (secondary N) is 1. The van der Waals surface area contributed by atoms with E-state index in [-0.39, 0.29) is 0 Å². The molecule has 2 aromatic heterocycles. The molecule has 4 heteroatoms. The van der Waals surface area contributed by atoms with Crippen LogP contribution in [0.5, 0.6) is 0 Å². The van der Waals surface area contributed by atoms with E-state index in [0.29, 0.717) is 6.04 Å². The van der Waals surface area contributed by atoms with E-state index in [9.17, 15) is 0 Å². The second kappa shape index (κ2) is 7.20. The Balaban J connectivity index is 2.05. The van der Waals surface area contributed by atoms with Crippen molar-refractivity contribution < 1.29 is 0 Å². The number of nitrogens with zero attached hydrogens (tertiary/aromatic N) is 3. The summed E-state index contributed by atoms with van der Waals surface area (Å²) in [5.74, 6) is 0.